The zero-order valence-corrected chi connectivity index (χ0v) is 11.2. The predicted octanol–water partition coefficient (Wildman–Crippen LogP) is -1.58. The summed E-state index contributed by atoms with van der Waals surface area (Å²) in [5.41, 5.74) is 0. The molecule has 5 N–H and O–H groups in total. The zero-order chi connectivity index (χ0) is 17.3. The van der Waals surface area contributed by atoms with Crippen molar-refractivity contribution in [3.8, 4) is 0 Å². The molecule has 0 radical (unpaired) electrons. The van der Waals surface area contributed by atoms with Gasteiger partial charge in [0.1, 0.15) is 6.04 Å². The molecule has 0 fully saturated rings. The molecule has 22 heavy (non-hydrogen) atoms. The number of nitrogens with zero attached hydrogens (tertiary/aromatic N) is 2. The fourth-order valence-electron chi connectivity index (χ4n) is 1.51. The van der Waals surface area contributed by atoms with Crippen LogP contribution in [0.15, 0.2) is 5.29 Å². The summed E-state index contributed by atoms with van der Waals surface area (Å²) in [7, 11) is 0. The van der Waals surface area contributed by atoms with Gasteiger partial charge in [-0.05, 0) is 0 Å². The lowest BCUT2D eigenvalue weighted by molar-refractivity contribution is -0.150. The lowest BCUT2D eigenvalue weighted by Gasteiger charge is -2.22. The monoisotopic (exact) mass is 321 g/mol. The number of hydrogen-bond donors (Lipinski definition) is 5. The Hall–Kier alpha value is -2.76. The van der Waals surface area contributed by atoms with Gasteiger partial charge in [0.25, 0.3) is 0 Å². The van der Waals surface area contributed by atoms with E-state index in [-0.39, 0.29) is 6.54 Å². The molecule has 0 rings (SSSR count). The number of aliphatic carboxylic acids is 4. The molecule has 0 bridgehead atoms. The second kappa shape index (κ2) is 9.23. The smallest absolute Gasteiger partial charge is 0.328 e. The van der Waals surface area contributed by atoms with Crippen molar-refractivity contribution in [2.24, 2.45) is 5.29 Å². The van der Waals surface area contributed by atoms with Crippen LogP contribution in [0.25, 0.3) is 0 Å². The van der Waals surface area contributed by atoms with Crippen molar-refractivity contribution in [2.75, 3.05) is 13.1 Å². The van der Waals surface area contributed by atoms with E-state index in [1.54, 1.807) is 0 Å². The molecule has 0 saturated carbocycles. The molecule has 0 amide bonds. The summed E-state index contributed by atoms with van der Waals surface area (Å²) in [6.45, 7) is -0.684. The predicted molar refractivity (Wildman–Crippen MR) is 67.9 cm³/mol. The van der Waals surface area contributed by atoms with Crippen molar-refractivity contribution < 1.29 is 39.6 Å². The van der Waals surface area contributed by atoms with Crippen LogP contribution in [0.4, 0.5) is 0 Å². The van der Waals surface area contributed by atoms with Crippen LogP contribution in [-0.2, 0) is 19.2 Å². The Balaban J connectivity index is 4.63. The standard InChI is InChI=1S/C10H15N3O9/c14-7(15)3-5(9(18)19)11-1-2-13(12-22)6(10(20)21)4-8(16)17/h5-6,11H,1-4H2,(H,14,15)(H,16,17)(H,18,19)(H,20,21)/t5-,6-/m0/s1. The molecule has 0 aromatic carbocycles. The van der Waals surface area contributed by atoms with Gasteiger partial charge in [0.2, 0.25) is 0 Å². The molecule has 12 heteroatoms. The minimum atomic E-state index is -1.71. The van der Waals surface area contributed by atoms with Crippen molar-refractivity contribution in [1.82, 2.24) is 10.3 Å². The van der Waals surface area contributed by atoms with E-state index in [0.717, 1.165) is 0 Å². The summed E-state index contributed by atoms with van der Waals surface area (Å²) in [4.78, 5) is 53.3. The lowest BCUT2D eigenvalue weighted by Crippen LogP contribution is -2.45. The van der Waals surface area contributed by atoms with Crippen LogP contribution in [0.5, 0.6) is 0 Å². The SMILES string of the molecule is O=NN(CCN[C@@H](CC(=O)O)C(=O)O)[C@@H](CC(=O)O)C(=O)O. The normalized spacial score (nSPS) is 12.9. The Kier molecular flexibility index (Phi) is 8.07. The molecule has 0 aliphatic rings. The van der Waals surface area contributed by atoms with E-state index in [0.29, 0.717) is 5.01 Å². The summed E-state index contributed by atoms with van der Waals surface area (Å²) in [6, 6.07) is -3.15. The van der Waals surface area contributed by atoms with Crippen LogP contribution in [-0.4, -0.2) is 74.5 Å². The number of nitroso groups, excluding NO2 is 1. The Morgan fingerprint density at radius 2 is 1.50 bits per heavy atom. The summed E-state index contributed by atoms with van der Waals surface area (Å²) in [5, 5.41) is 39.8. The van der Waals surface area contributed by atoms with Crippen molar-refractivity contribution in [3.63, 3.8) is 0 Å². The van der Waals surface area contributed by atoms with Gasteiger partial charge in [-0.1, -0.05) is 0 Å². The molecule has 0 aliphatic carbocycles. The fourth-order valence-corrected chi connectivity index (χ4v) is 1.51. The highest BCUT2D eigenvalue weighted by Gasteiger charge is 2.29. The molecule has 0 aromatic heterocycles. The summed E-state index contributed by atoms with van der Waals surface area (Å²) < 4.78 is 0. The first-order chi connectivity index (χ1) is 10.2. The van der Waals surface area contributed by atoms with E-state index >= 15 is 0 Å². The zero-order valence-electron chi connectivity index (χ0n) is 11.2. The summed E-state index contributed by atoms with van der Waals surface area (Å²) >= 11 is 0. The fraction of sp³-hybridized carbons (Fsp3) is 0.600. The highest BCUT2D eigenvalue weighted by Crippen LogP contribution is 2.06. The maximum Gasteiger partial charge on any atom is 0.328 e. The molecule has 0 aliphatic heterocycles. The van der Waals surface area contributed by atoms with Crippen LogP contribution >= 0.6 is 0 Å². The van der Waals surface area contributed by atoms with Crippen LogP contribution in [0.3, 0.4) is 0 Å². The van der Waals surface area contributed by atoms with Crippen molar-refractivity contribution in [1.29, 1.82) is 0 Å². The first kappa shape index (κ1) is 19.2. The first-order valence-corrected chi connectivity index (χ1v) is 5.91. The maximum absolute atomic E-state index is 10.9. The number of carboxylic acids is 4. The van der Waals surface area contributed by atoms with Crippen molar-refractivity contribution in [3.05, 3.63) is 4.91 Å². The van der Waals surface area contributed by atoms with E-state index in [4.69, 9.17) is 20.4 Å². The first-order valence-electron chi connectivity index (χ1n) is 5.91. The maximum atomic E-state index is 10.9. The molecular formula is C10H15N3O9. The van der Waals surface area contributed by atoms with Gasteiger partial charge in [0.15, 0.2) is 6.04 Å². The van der Waals surface area contributed by atoms with E-state index < -0.39 is 55.3 Å². The second-order valence-electron chi connectivity index (χ2n) is 4.14. The Bertz CT molecular complexity index is 453. The van der Waals surface area contributed by atoms with Crippen LogP contribution in [0.1, 0.15) is 12.8 Å². The molecule has 0 aromatic rings. The molecule has 124 valence electrons. The van der Waals surface area contributed by atoms with Gasteiger partial charge < -0.3 is 25.7 Å². The molecular weight excluding hydrogens is 306 g/mol. The minimum Gasteiger partial charge on any atom is -0.481 e. The summed E-state index contributed by atoms with van der Waals surface area (Å²) in [6.07, 6.45) is -1.60. The molecule has 0 heterocycles. The van der Waals surface area contributed by atoms with Gasteiger partial charge in [-0.3, -0.25) is 14.4 Å². The van der Waals surface area contributed by atoms with Crippen LogP contribution < -0.4 is 5.32 Å². The quantitative estimate of drug-likeness (QED) is 0.205. The third kappa shape index (κ3) is 7.14. The average Bonchev–Trinajstić information content (AvgIpc) is 2.39. The van der Waals surface area contributed by atoms with Crippen molar-refractivity contribution >= 4 is 23.9 Å². The van der Waals surface area contributed by atoms with E-state index in [1.807, 2.05) is 0 Å². The third-order valence-electron chi connectivity index (χ3n) is 2.53. The Morgan fingerprint density at radius 3 is 1.86 bits per heavy atom. The number of carboxylic acid groups (broad SMARTS) is 4. The van der Waals surface area contributed by atoms with E-state index in [9.17, 15) is 24.1 Å². The van der Waals surface area contributed by atoms with Crippen molar-refractivity contribution in [2.45, 2.75) is 24.9 Å². The molecule has 12 nitrogen and oxygen atoms in total. The van der Waals surface area contributed by atoms with Gasteiger partial charge in [-0.25, -0.2) is 9.80 Å². The largest absolute Gasteiger partial charge is 0.481 e. The number of carbonyl (C=O) groups is 4. The minimum absolute atomic E-state index is 0.278. The highest BCUT2D eigenvalue weighted by atomic mass is 16.4. The van der Waals surface area contributed by atoms with Gasteiger partial charge in [0, 0.05) is 6.54 Å². The Labute approximate surface area is 123 Å². The molecule has 0 spiro atoms. The van der Waals surface area contributed by atoms with Gasteiger partial charge in [-0.2, -0.15) is 0 Å². The second-order valence-corrected chi connectivity index (χ2v) is 4.14. The molecule has 0 saturated heterocycles. The number of hydrogen-bond acceptors (Lipinski definition) is 7. The summed E-state index contributed by atoms with van der Waals surface area (Å²) in [5.74, 6) is -5.83. The van der Waals surface area contributed by atoms with E-state index in [2.05, 4.69) is 10.6 Å². The molecule has 2 atom stereocenters. The highest BCUT2D eigenvalue weighted by molar-refractivity contribution is 5.81. The third-order valence-corrected chi connectivity index (χ3v) is 2.53. The number of nitrogens with one attached hydrogen (secondary N) is 1. The Morgan fingerprint density at radius 1 is 0.955 bits per heavy atom. The number of rotatable bonds is 12. The van der Waals surface area contributed by atoms with Gasteiger partial charge in [0.05, 0.1) is 24.7 Å². The lowest BCUT2D eigenvalue weighted by atomic mass is 10.2. The topological polar surface area (TPSA) is 194 Å². The van der Waals surface area contributed by atoms with Gasteiger partial charge in [-0.15, -0.1) is 4.91 Å². The average molecular weight is 321 g/mol. The van der Waals surface area contributed by atoms with Crippen LogP contribution in [0.2, 0.25) is 0 Å². The van der Waals surface area contributed by atoms with E-state index in [1.165, 1.54) is 0 Å². The molecule has 0 unspecified atom stereocenters. The van der Waals surface area contributed by atoms with Crippen LogP contribution in [0, 0.1) is 4.91 Å². The van der Waals surface area contributed by atoms with Gasteiger partial charge >= 0.3 is 23.9 Å².